The Balaban J connectivity index is 2.27. The first-order valence-electron chi connectivity index (χ1n) is 5.85. The van der Waals surface area contributed by atoms with Crippen molar-refractivity contribution < 1.29 is 9.53 Å². The number of benzene rings is 1. The summed E-state index contributed by atoms with van der Waals surface area (Å²) in [6, 6.07) is 5.78. The molecule has 0 bridgehead atoms. The predicted octanol–water partition coefficient (Wildman–Crippen LogP) is 3.04. The molecular formula is C13H16BrNO2S. The maximum absolute atomic E-state index is 12.5. The van der Waals surface area contributed by atoms with Gasteiger partial charge in [0.05, 0.1) is 12.7 Å². The number of carbonyl (C=O) groups excluding carboxylic acids is 1. The third-order valence-electron chi connectivity index (χ3n) is 3.03. The van der Waals surface area contributed by atoms with Gasteiger partial charge >= 0.3 is 0 Å². The number of carbonyl (C=O) groups is 1. The van der Waals surface area contributed by atoms with Crippen molar-refractivity contribution in [1.82, 2.24) is 4.90 Å². The zero-order valence-corrected chi connectivity index (χ0v) is 12.9. The Morgan fingerprint density at radius 2 is 2.33 bits per heavy atom. The number of ether oxygens (including phenoxy) is 1. The van der Waals surface area contributed by atoms with Crippen LogP contribution < -0.4 is 4.74 Å². The SMILES string of the molecule is COc1ccc(Br)c(C(=O)N2CCSCC2C)c1. The van der Waals surface area contributed by atoms with Crippen molar-refractivity contribution in [2.75, 3.05) is 25.2 Å². The van der Waals surface area contributed by atoms with Crippen LogP contribution in [0, 0.1) is 0 Å². The van der Waals surface area contributed by atoms with E-state index in [1.165, 1.54) is 0 Å². The third kappa shape index (κ3) is 2.83. The number of halogens is 1. The number of hydrogen-bond acceptors (Lipinski definition) is 3. The van der Waals surface area contributed by atoms with Crippen LogP contribution in [-0.4, -0.2) is 42.0 Å². The second kappa shape index (κ2) is 5.97. The smallest absolute Gasteiger partial charge is 0.255 e. The lowest BCUT2D eigenvalue weighted by atomic mass is 10.1. The standard InChI is InChI=1S/C13H16BrNO2S/c1-9-8-18-6-5-15(9)13(16)11-7-10(17-2)3-4-12(11)14/h3-4,7,9H,5-6,8H2,1-2H3. The van der Waals surface area contributed by atoms with Gasteiger partial charge in [0.25, 0.3) is 5.91 Å². The van der Waals surface area contributed by atoms with Crippen LogP contribution in [-0.2, 0) is 0 Å². The van der Waals surface area contributed by atoms with Crippen molar-refractivity contribution in [2.24, 2.45) is 0 Å². The Morgan fingerprint density at radius 3 is 3.00 bits per heavy atom. The summed E-state index contributed by atoms with van der Waals surface area (Å²) in [4.78, 5) is 14.5. The molecule has 0 saturated carbocycles. The van der Waals surface area contributed by atoms with Gasteiger partial charge in [-0.25, -0.2) is 0 Å². The van der Waals surface area contributed by atoms with Gasteiger partial charge in [0.1, 0.15) is 5.75 Å². The Hall–Kier alpha value is -0.680. The number of methoxy groups -OCH3 is 1. The highest BCUT2D eigenvalue weighted by Crippen LogP contribution is 2.26. The molecule has 0 radical (unpaired) electrons. The molecule has 1 saturated heterocycles. The molecule has 0 spiro atoms. The van der Waals surface area contributed by atoms with Crippen LogP contribution in [0.3, 0.4) is 0 Å². The van der Waals surface area contributed by atoms with E-state index in [-0.39, 0.29) is 11.9 Å². The summed E-state index contributed by atoms with van der Waals surface area (Å²) in [5.41, 5.74) is 0.674. The normalized spacial score (nSPS) is 19.7. The van der Waals surface area contributed by atoms with Crippen LogP contribution in [0.4, 0.5) is 0 Å². The molecule has 5 heteroatoms. The van der Waals surface area contributed by atoms with Crippen LogP contribution in [0.2, 0.25) is 0 Å². The van der Waals surface area contributed by atoms with Gasteiger partial charge in [0.15, 0.2) is 0 Å². The minimum atomic E-state index is 0.0774. The molecule has 98 valence electrons. The van der Waals surface area contributed by atoms with Gasteiger partial charge < -0.3 is 9.64 Å². The van der Waals surface area contributed by atoms with Crippen LogP contribution in [0.5, 0.6) is 5.75 Å². The summed E-state index contributed by atoms with van der Waals surface area (Å²) in [7, 11) is 1.61. The highest BCUT2D eigenvalue weighted by Gasteiger charge is 2.26. The van der Waals surface area contributed by atoms with E-state index in [4.69, 9.17) is 4.74 Å². The Labute approximate surface area is 120 Å². The molecule has 0 N–H and O–H groups in total. The van der Waals surface area contributed by atoms with Gasteiger partial charge in [-0.3, -0.25) is 4.79 Å². The lowest BCUT2D eigenvalue weighted by Gasteiger charge is -2.33. The van der Waals surface area contributed by atoms with Gasteiger partial charge in [0.2, 0.25) is 0 Å². The molecule has 18 heavy (non-hydrogen) atoms. The molecule has 1 unspecified atom stereocenters. The molecule has 1 aliphatic heterocycles. The van der Waals surface area contributed by atoms with E-state index in [2.05, 4.69) is 22.9 Å². The first-order valence-corrected chi connectivity index (χ1v) is 7.80. The number of rotatable bonds is 2. The summed E-state index contributed by atoms with van der Waals surface area (Å²) in [6.07, 6.45) is 0. The fraction of sp³-hybridized carbons (Fsp3) is 0.462. The fourth-order valence-corrected chi connectivity index (χ4v) is 3.41. The molecule has 1 fully saturated rings. The summed E-state index contributed by atoms with van der Waals surface area (Å²) < 4.78 is 6.00. The molecule has 1 atom stereocenters. The highest BCUT2D eigenvalue weighted by molar-refractivity contribution is 9.10. The predicted molar refractivity (Wildman–Crippen MR) is 78.5 cm³/mol. The Morgan fingerprint density at radius 1 is 1.56 bits per heavy atom. The van der Waals surface area contributed by atoms with Crippen LogP contribution in [0.15, 0.2) is 22.7 Å². The monoisotopic (exact) mass is 329 g/mol. The average Bonchev–Trinajstić information content (AvgIpc) is 2.39. The van der Waals surface area contributed by atoms with Crippen molar-refractivity contribution >= 4 is 33.6 Å². The van der Waals surface area contributed by atoms with E-state index in [1.807, 2.05) is 28.8 Å². The van der Waals surface area contributed by atoms with Crippen molar-refractivity contribution in [3.63, 3.8) is 0 Å². The van der Waals surface area contributed by atoms with Gasteiger partial charge in [-0.2, -0.15) is 11.8 Å². The summed E-state index contributed by atoms with van der Waals surface area (Å²) in [5.74, 6) is 2.81. The largest absolute Gasteiger partial charge is 0.497 e. The van der Waals surface area contributed by atoms with Crippen molar-refractivity contribution in [3.8, 4) is 5.75 Å². The van der Waals surface area contributed by atoms with E-state index in [1.54, 1.807) is 13.2 Å². The second-order valence-corrected chi connectivity index (χ2v) is 6.27. The maximum atomic E-state index is 12.5. The van der Waals surface area contributed by atoms with Crippen molar-refractivity contribution in [3.05, 3.63) is 28.2 Å². The Kier molecular flexibility index (Phi) is 4.56. The lowest BCUT2D eigenvalue weighted by molar-refractivity contribution is 0.0714. The van der Waals surface area contributed by atoms with Gasteiger partial charge in [0, 0.05) is 28.6 Å². The van der Waals surface area contributed by atoms with Crippen LogP contribution >= 0.6 is 27.7 Å². The van der Waals surface area contributed by atoms with E-state index in [0.717, 1.165) is 22.5 Å². The summed E-state index contributed by atoms with van der Waals surface area (Å²) in [5, 5.41) is 0. The average molecular weight is 330 g/mol. The first kappa shape index (κ1) is 13.7. The van der Waals surface area contributed by atoms with Gasteiger partial charge in [-0.15, -0.1) is 0 Å². The van der Waals surface area contributed by atoms with Gasteiger partial charge in [-0.1, -0.05) is 0 Å². The first-order chi connectivity index (χ1) is 8.63. The fourth-order valence-electron chi connectivity index (χ4n) is 1.98. The number of amides is 1. The van der Waals surface area contributed by atoms with Crippen molar-refractivity contribution in [1.29, 1.82) is 0 Å². The van der Waals surface area contributed by atoms with E-state index in [0.29, 0.717) is 11.3 Å². The molecule has 1 aliphatic rings. The quantitative estimate of drug-likeness (QED) is 0.835. The topological polar surface area (TPSA) is 29.5 Å². The maximum Gasteiger partial charge on any atom is 0.255 e. The lowest BCUT2D eigenvalue weighted by Crippen LogP contribution is -2.44. The number of thioether (sulfide) groups is 1. The van der Waals surface area contributed by atoms with Crippen molar-refractivity contribution in [2.45, 2.75) is 13.0 Å². The molecular weight excluding hydrogens is 314 g/mol. The summed E-state index contributed by atoms with van der Waals surface area (Å²) in [6.45, 7) is 2.91. The molecule has 1 aromatic rings. The van der Waals surface area contributed by atoms with Gasteiger partial charge in [-0.05, 0) is 41.1 Å². The van der Waals surface area contributed by atoms with Crippen LogP contribution in [0.25, 0.3) is 0 Å². The zero-order chi connectivity index (χ0) is 13.1. The zero-order valence-electron chi connectivity index (χ0n) is 10.5. The minimum Gasteiger partial charge on any atom is -0.497 e. The number of hydrogen-bond donors (Lipinski definition) is 0. The Bertz CT molecular complexity index is 453. The molecule has 2 rings (SSSR count). The molecule has 1 aromatic carbocycles. The molecule has 1 heterocycles. The van der Waals surface area contributed by atoms with Crippen LogP contribution in [0.1, 0.15) is 17.3 Å². The van der Waals surface area contributed by atoms with E-state index >= 15 is 0 Å². The third-order valence-corrected chi connectivity index (χ3v) is 4.91. The van der Waals surface area contributed by atoms with E-state index < -0.39 is 0 Å². The molecule has 0 aliphatic carbocycles. The second-order valence-electron chi connectivity index (χ2n) is 4.27. The highest BCUT2D eigenvalue weighted by atomic mass is 79.9. The number of nitrogens with zero attached hydrogens (tertiary/aromatic N) is 1. The minimum absolute atomic E-state index is 0.0774. The molecule has 3 nitrogen and oxygen atoms in total. The molecule has 0 aromatic heterocycles. The molecule has 1 amide bonds. The van der Waals surface area contributed by atoms with E-state index in [9.17, 15) is 4.79 Å². The summed E-state index contributed by atoms with van der Waals surface area (Å²) >= 11 is 5.34.